The molecule has 0 radical (unpaired) electrons. The van der Waals surface area contributed by atoms with Gasteiger partial charge in [0, 0.05) is 6.42 Å². The van der Waals surface area contributed by atoms with Crippen molar-refractivity contribution in [3.63, 3.8) is 0 Å². The molecule has 0 spiro atoms. The van der Waals surface area contributed by atoms with E-state index in [1.807, 2.05) is 0 Å². The van der Waals surface area contributed by atoms with Crippen LogP contribution in [0.25, 0.3) is 0 Å². The van der Waals surface area contributed by atoms with Crippen LogP contribution in [0.15, 0.2) is 23.8 Å². The van der Waals surface area contributed by atoms with E-state index in [1.165, 1.54) is 11.1 Å². The third kappa shape index (κ3) is 1.71. The Kier molecular flexibility index (Phi) is 1.69. The van der Waals surface area contributed by atoms with Gasteiger partial charge in [-0.25, -0.2) is 0 Å². The van der Waals surface area contributed by atoms with E-state index in [-0.39, 0.29) is 0 Å². The predicted octanol–water partition coefficient (Wildman–Crippen LogP) is 2.03. The average Bonchev–Trinajstić information content (AvgIpc) is 2.46. The van der Waals surface area contributed by atoms with Crippen molar-refractivity contribution >= 4 is 0 Å². The Bertz CT molecular complexity index is 187. The molecule has 56 valence electrons. The van der Waals surface area contributed by atoms with Crippen molar-refractivity contribution < 1.29 is 5.11 Å². The summed E-state index contributed by atoms with van der Waals surface area (Å²) in [6, 6.07) is 0. The van der Waals surface area contributed by atoms with Crippen LogP contribution in [0, 0.1) is 0 Å². The minimum atomic E-state index is -0.687. The van der Waals surface area contributed by atoms with Gasteiger partial charge in [-0.15, -0.1) is 6.58 Å². The van der Waals surface area contributed by atoms with Gasteiger partial charge in [-0.2, -0.15) is 0 Å². The summed E-state index contributed by atoms with van der Waals surface area (Å²) in [6.45, 7) is 7.46. The first-order valence-corrected chi connectivity index (χ1v) is 3.58. The van der Waals surface area contributed by atoms with Crippen molar-refractivity contribution in [3.05, 3.63) is 23.8 Å². The Hall–Kier alpha value is -0.560. The normalized spacial score (nSPS) is 22.3. The molecule has 1 rings (SSSR count). The maximum Gasteiger partial charge on any atom is 0.0834 e. The van der Waals surface area contributed by atoms with Crippen molar-refractivity contribution in [3.8, 4) is 0 Å². The second-order valence-corrected chi connectivity index (χ2v) is 3.30. The Morgan fingerprint density at radius 2 is 2.30 bits per heavy atom. The Balaban J connectivity index is 2.45. The van der Waals surface area contributed by atoms with Crippen molar-refractivity contribution in [2.45, 2.75) is 32.3 Å². The summed E-state index contributed by atoms with van der Waals surface area (Å²) in [6.07, 6.45) is 3.48. The molecule has 0 amide bonds. The van der Waals surface area contributed by atoms with Crippen molar-refractivity contribution in [2.75, 3.05) is 0 Å². The quantitative estimate of drug-likeness (QED) is 0.592. The molecule has 0 aromatic rings. The zero-order valence-corrected chi connectivity index (χ0v) is 6.65. The second kappa shape index (κ2) is 2.24. The number of rotatable bonds is 3. The van der Waals surface area contributed by atoms with Crippen LogP contribution in [-0.2, 0) is 0 Å². The minimum Gasteiger partial charge on any atom is -0.386 e. The van der Waals surface area contributed by atoms with Gasteiger partial charge in [-0.1, -0.05) is 17.2 Å². The smallest absolute Gasteiger partial charge is 0.0834 e. The van der Waals surface area contributed by atoms with Gasteiger partial charge in [0.1, 0.15) is 0 Å². The minimum absolute atomic E-state index is 0.687. The molecule has 1 unspecified atom stereocenters. The van der Waals surface area contributed by atoms with Crippen LogP contribution >= 0.6 is 0 Å². The first kappa shape index (κ1) is 7.55. The molecular formula is C9H14O. The van der Waals surface area contributed by atoms with Crippen LogP contribution in [0.3, 0.4) is 0 Å². The largest absolute Gasteiger partial charge is 0.386 e. The highest BCUT2D eigenvalue weighted by molar-refractivity contribution is 5.34. The summed E-state index contributed by atoms with van der Waals surface area (Å²) in [5.74, 6) is 0. The molecule has 0 bridgehead atoms. The lowest BCUT2D eigenvalue weighted by Gasteiger charge is -2.15. The molecule has 0 aromatic heterocycles. The van der Waals surface area contributed by atoms with E-state index in [9.17, 15) is 5.11 Å². The number of allylic oxidation sites excluding steroid dienone is 1. The maximum absolute atomic E-state index is 9.50. The SMILES string of the molecule is C=CC(C)(O)CC1=C(C)C1. The van der Waals surface area contributed by atoms with Gasteiger partial charge < -0.3 is 5.11 Å². The predicted molar refractivity (Wildman–Crippen MR) is 42.8 cm³/mol. The van der Waals surface area contributed by atoms with Crippen molar-refractivity contribution in [1.82, 2.24) is 0 Å². The fourth-order valence-electron chi connectivity index (χ4n) is 0.993. The Labute approximate surface area is 62.1 Å². The first-order chi connectivity index (χ1) is 4.55. The van der Waals surface area contributed by atoms with Crippen LogP contribution in [0.5, 0.6) is 0 Å². The van der Waals surface area contributed by atoms with E-state index in [0.29, 0.717) is 0 Å². The molecule has 0 fully saturated rings. The molecule has 1 nitrogen and oxygen atoms in total. The second-order valence-electron chi connectivity index (χ2n) is 3.30. The van der Waals surface area contributed by atoms with Gasteiger partial charge in [0.05, 0.1) is 5.60 Å². The third-order valence-corrected chi connectivity index (χ3v) is 1.97. The first-order valence-electron chi connectivity index (χ1n) is 3.58. The Morgan fingerprint density at radius 1 is 1.80 bits per heavy atom. The van der Waals surface area contributed by atoms with Crippen molar-refractivity contribution in [2.24, 2.45) is 0 Å². The summed E-state index contributed by atoms with van der Waals surface area (Å²) in [4.78, 5) is 0. The average molecular weight is 138 g/mol. The molecule has 10 heavy (non-hydrogen) atoms. The van der Waals surface area contributed by atoms with E-state index in [2.05, 4.69) is 13.5 Å². The van der Waals surface area contributed by atoms with Gasteiger partial charge in [0.2, 0.25) is 0 Å². The van der Waals surface area contributed by atoms with Crippen molar-refractivity contribution in [1.29, 1.82) is 0 Å². The van der Waals surface area contributed by atoms with E-state index in [1.54, 1.807) is 13.0 Å². The van der Waals surface area contributed by atoms with Gasteiger partial charge in [0.15, 0.2) is 0 Å². The van der Waals surface area contributed by atoms with E-state index in [0.717, 1.165) is 12.8 Å². The molecule has 0 aromatic carbocycles. The molecule has 0 aliphatic heterocycles. The highest BCUT2D eigenvalue weighted by Gasteiger charge is 2.25. The standard InChI is InChI=1S/C9H14O/c1-4-9(3,10)6-8-5-7(8)2/h4,10H,1,5-6H2,2-3H3. The monoisotopic (exact) mass is 138 g/mol. The molecule has 1 heteroatoms. The fraction of sp³-hybridized carbons (Fsp3) is 0.556. The molecule has 0 heterocycles. The molecule has 1 N–H and O–H groups in total. The Morgan fingerprint density at radius 3 is 2.60 bits per heavy atom. The number of aliphatic hydroxyl groups is 1. The van der Waals surface area contributed by atoms with E-state index < -0.39 is 5.60 Å². The van der Waals surface area contributed by atoms with Gasteiger partial charge in [-0.05, 0) is 20.3 Å². The molecule has 0 saturated carbocycles. The topological polar surface area (TPSA) is 20.2 Å². The highest BCUT2D eigenvalue weighted by atomic mass is 16.3. The lowest BCUT2D eigenvalue weighted by Crippen LogP contribution is -2.19. The maximum atomic E-state index is 9.50. The van der Waals surface area contributed by atoms with Crippen LogP contribution in [-0.4, -0.2) is 10.7 Å². The molecule has 1 aliphatic carbocycles. The number of hydrogen-bond donors (Lipinski definition) is 1. The summed E-state index contributed by atoms with van der Waals surface area (Å²) < 4.78 is 0. The molecule has 0 saturated heterocycles. The lowest BCUT2D eigenvalue weighted by molar-refractivity contribution is 0.114. The van der Waals surface area contributed by atoms with Gasteiger partial charge in [0.25, 0.3) is 0 Å². The molecule has 1 aliphatic rings. The van der Waals surface area contributed by atoms with Crippen LogP contribution in [0.2, 0.25) is 0 Å². The summed E-state index contributed by atoms with van der Waals surface area (Å²) >= 11 is 0. The summed E-state index contributed by atoms with van der Waals surface area (Å²) in [5, 5.41) is 9.50. The highest BCUT2D eigenvalue weighted by Crippen LogP contribution is 2.36. The van der Waals surface area contributed by atoms with Crippen LogP contribution < -0.4 is 0 Å². The third-order valence-electron chi connectivity index (χ3n) is 1.97. The zero-order chi connectivity index (χ0) is 7.78. The molecule has 1 atom stereocenters. The zero-order valence-electron chi connectivity index (χ0n) is 6.65. The van der Waals surface area contributed by atoms with Gasteiger partial charge >= 0.3 is 0 Å². The molecular weight excluding hydrogens is 124 g/mol. The fourth-order valence-corrected chi connectivity index (χ4v) is 0.993. The van der Waals surface area contributed by atoms with Gasteiger partial charge in [-0.3, -0.25) is 0 Å². The van der Waals surface area contributed by atoms with E-state index >= 15 is 0 Å². The van der Waals surface area contributed by atoms with Crippen LogP contribution in [0.1, 0.15) is 26.7 Å². The number of hydrogen-bond acceptors (Lipinski definition) is 1. The summed E-state index contributed by atoms with van der Waals surface area (Å²) in [7, 11) is 0. The van der Waals surface area contributed by atoms with Crippen LogP contribution in [0.4, 0.5) is 0 Å². The van der Waals surface area contributed by atoms with E-state index in [4.69, 9.17) is 0 Å². The summed E-state index contributed by atoms with van der Waals surface area (Å²) in [5.41, 5.74) is 2.14. The lowest BCUT2D eigenvalue weighted by atomic mass is 10.0.